The number of fused-ring (bicyclic) bond motifs is 1. The molecule has 0 radical (unpaired) electrons. The van der Waals surface area contributed by atoms with Crippen LogP contribution >= 0.6 is 11.6 Å². The summed E-state index contributed by atoms with van der Waals surface area (Å²) in [4.78, 5) is 6.48. The molecule has 0 bridgehead atoms. The fourth-order valence-electron chi connectivity index (χ4n) is 3.40. The molecule has 7 nitrogen and oxygen atoms in total. The molecule has 0 N–H and O–H groups in total. The minimum Gasteiger partial charge on any atom is -0.425 e. The van der Waals surface area contributed by atoms with Crippen molar-refractivity contribution in [1.29, 1.82) is 5.26 Å². The Morgan fingerprint density at radius 2 is 2.30 bits per heavy atom. The lowest BCUT2D eigenvalue weighted by atomic mass is 9.81. The van der Waals surface area contributed by atoms with Crippen molar-refractivity contribution in [3.63, 3.8) is 0 Å². The van der Waals surface area contributed by atoms with E-state index in [1.807, 2.05) is 12.1 Å². The standard InChI is InChI=1S/C15H14ClN5O2/c1-9-19-20-14(23-9)15-7-21(5-10(15)6-22-8-15)13-3-2-11(16)12(4-17)18-13/h2-3,10H,5-8H2,1H3/t10-,15-/m0/s1. The van der Waals surface area contributed by atoms with Gasteiger partial charge < -0.3 is 14.1 Å². The van der Waals surface area contributed by atoms with Crippen molar-refractivity contribution >= 4 is 17.4 Å². The lowest BCUT2D eigenvalue weighted by Gasteiger charge is -2.23. The van der Waals surface area contributed by atoms with Gasteiger partial charge in [-0.15, -0.1) is 10.2 Å². The van der Waals surface area contributed by atoms with Crippen LogP contribution in [0.2, 0.25) is 5.02 Å². The van der Waals surface area contributed by atoms with Crippen LogP contribution in [0, 0.1) is 24.2 Å². The molecule has 8 heteroatoms. The number of halogens is 1. The maximum absolute atomic E-state index is 9.11. The van der Waals surface area contributed by atoms with Gasteiger partial charge in [-0.2, -0.15) is 5.26 Å². The molecule has 2 aliphatic rings. The molecule has 0 unspecified atom stereocenters. The van der Waals surface area contributed by atoms with Crippen LogP contribution in [0.1, 0.15) is 17.5 Å². The predicted octanol–water partition coefficient (Wildman–Crippen LogP) is 1.70. The van der Waals surface area contributed by atoms with E-state index in [-0.39, 0.29) is 17.0 Å². The van der Waals surface area contributed by atoms with Gasteiger partial charge in [0.15, 0.2) is 5.69 Å². The van der Waals surface area contributed by atoms with Gasteiger partial charge in [-0.1, -0.05) is 11.6 Å². The van der Waals surface area contributed by atoms with E-state index >= 15 is 0 Å². The van der Waals surface area contributed by atoms with E-state index in [0.717, 1.165) is 12.4 Å². The monoisotopic (exact) mass is 331 g/mol. The van der Waals surface area contributed by atoms with Crippen LogP contribution in [-0.2, 0) is 10.2 Å². The molecule has 0 aromatic carbocycles. The molecule has 2 aromatic rings. The van der Waals surface area contributed by atoms with E-state index in [0.29, 0.717) is 36.6 Å². The first-order valence-electron chi connectivity index (χ1n) is 7.32. The van der Waals surface area contributed by atoms with E-state index < -0.39 is 0 Å². The number of nitrogens with zero attached hydrogens (tertiary/aromatic N) is 5. The lowest BCUT2D eigenvalue weighted by molar-refractivity contribution is 0.166. The molecule has 23 heavy (non-hydrogen) atoms. The van der Waals surface area contributed by atoms with Gasteiger partial charge in [-0.25, -0.2) is 4.98 Å². The predicted molar refractivity (Wildman–Crippen MR) is 81.2 cm³/mol. The quantitative estimate of drug-likeness (QED) is 0.827. The van der Waals surface area contributed by atoms with Crippen molar-refractivity contribution in [2.24, 2.45) is 5.92 Å². The van der Waals surface area contributed by atoms with Crippen molar-refractivity contribution in [2.45, 2.75) is 12.3 Å². The fourth-order valence-corrected chi connectivity index (χ4v) is 3.54. The number of rotatable bonds is 2. The van der Waals surface area contributed by atoms with Crippen molar-refractivity contribution in [2.75, 3.05) is 31.2 Å². The van der Waals surface area contributed by atoms with E-state index in [9.17, 15) is 0 Å². The third kappa shape index (κ3) is 2.18. The van der Waals surface area contributed by atoms with Crippen molar-refractivity contribution in [1.82, 2.24) is 15.2 Å². The number of hydrogen-bond acceptors (Lipinski definition) is 7. The Hall–Kier alpha value is -2.17. The second kappa shape index (κ2) is 5.18. The highest BCUT2D eigenvalue weighted by molar-refractivity contribution is 6.31. The van der Waals surface area contributed by atoms with Crippen LogP contribution in [0.25, 0.3) is 0 Å². The van der Waals surface area contributed by atoms with Crippen LogP contribution < -0.4 is 4.90 Å². The Morgan fingerprint density at radius 3 is 3.04 bits per heavy atom. The maximum atomic E-state index is 9.11. The zero-order valence-electron chi connectivity index (χ0n) is 12.5. The summed E-state index contributed by atoms with van der Waals surface area (Å²) in [6.45, 7) is 4.41. The van der Waals surface area contributed by atoms with Gasteiger partial charge in [-0.05, 0) is 12.1 Å². The number of aromatic nitrogens is 3. The topological polar surface area (TPSA) is 88.1 Å². The summed E-state index contributed by atoms with van der Waals surface area (Å²) in [6.07, 6.45) is 0. The van der Waals surface area contributed by atoms with E-state index in [1.54, 1.807) is 13.0 Å². The van der Waals surface area contributed by atoms with Crippen molar-refractivity contribution < 1.29 is 9.15 Å². The van der Waals surface area contributed by atoms with Crippen LogP contribution in [0.15, 0.2) is 16.5 Å². The summed E-state index contributed by atoms with van der Waals surface area (Å²) in [5.41, 5.74) is -0.0739. The molecular formula is C15H14ClN5O2. The van der Waals surface area contributed by atoms with Gasteiger partial charge in [0.25, 0.3) is 0 Å². The Kier molecular flexibility index (Phi) is 3.25. The summed E-state index contributed by atoms with van der Waals surface area (Å²) in [5, 5.41) is 17.6. The number of ether oxygens (including phenoxy) is 1. The number of nitriles is 1. The molecule has 2 aromatic heterocycles. The zero-order chi connectivity index (χ0) is 16.0. The summed E-state index contributed by atoms with van der Waals surface area (Å²) < 4.78 is 11.4. The first kappa shape index (κ1) is 14.4. The van der Waals surface area contributed by atoms with Crippen molar-refractivity contribution in [3.8, 4) is 6.07 Å². The second-order valence-corrected chi connectivity index (χ2v) is 6.39. The Bertz CT molecular complexity index is 801. The lowest BCUT2D eigenvalue weighted by Crippen LogP contribution is -2.36. The van der Waals surface area contributed by atoms with Gasteiger partial charge in [0, 0.05) is 25.9 Å². The maximum Gasteiger partial charge on any atom is 0.227 e. The molecule has 0 spiro atoms. The Balaban J connectivity index is 1.69. The van der Waals surface area contributed by atoms with Gasteiger partial charge in [0.05, 0.1) is 23.7 Å². The molecule has 2 aliphatic heterocycles. The minimum absolute atomic E-state index is 0.236. The normalized spacial score (nSPS) is 26.3. The van der Waals surface area contributed by atoms with E-state index in [4.69, 9.17) is 26.0 Å². The zero-order valence-corrected chi connectivity index (χ0v) is 13.2. The van der Waals surface area contributed by atoms with Gasteiger partial charge in [0.2, 0.25) is 11.8 Å². The molecule has 2 fully saturated rings. The Morgan fingerprint density at radius 1 is 1.43 bits per heavy atom. The molecule has 0 amide bonds. The number of hydrogen-bond donors (Lipinski definition) is 0. The van der Waals surface area contributed by atoms with Crippen LogP contribution in [-0.4, -0.2) is 41.5 Å². The highest BCUT2D eigenvalue weighted by Crippen LogP contribution is 2.44. The molecule has 4 rings (SSSR count). The largest absolute Gasteiger partial charge is 0.425 e. The Labute approximate surface area is 137 Å². The summed E-state index contributed by atoms with van der Waals surface area (Å²) >= 11 is 5.97. The first-order valence-corrected chi connectivity index (χ1v) is 7.70. The van der Waals surface area contributed by atoms with E-state index in [1.165, 1.54) is 0 Å². The molecule has 2 atom stereocenters. The summed E-state index contributed by atoms with van der Waals surface area (Å²) in [7, 11) is 0. The molecule has 0 saturated carbocycles. The number of aryl methyl sites for hydroxylation is 1. The molecular weight excluding hydrogens is 318 g/mol. The molecule has 2 saturated heterocycles. The smallest absolute Gasteiger partial charge is 0.227 e. The van der Waals surface area contributed by atoms with Gasteiger partial charge in [0.1, 0.15) is 11.9 Å². The van der Waals surface area contributed by atoms with Crippen molar-refractivity contribution in [3.05, 3.63) is 34.6 Å². The number of pyridine rings is 1. The number of anilines is 1. The highest BCUT2D eigenvalue weighted by Gasteiger charge is 2.55. The first-order chi connectivity index (χ1) is 11.1. The summed E-state index contributed by atoms with van der Waals surface area (Å²) in [5.74, 6) is 2.16. The fraction of sp³-hybridized carbons (Fsp3) is 0.467. The second-order valence-electron chi connectivity index (χ2n) is 5.99. The van der Waals surface area contributed by atoms with E-state index in [2.05, 4.69) is 20.1 Å². The average Bonchev–Trinajstić information content (AvgIpc) is 3.21. The average molecular weight is 332 g/mol. The molecule has 0 aliphatic carbocycles. The van der Waals surface area contributed by atoms with Crippen LogP contribution in [0.3, 0.4) is 0 Å². The van der Waals surface area contributed by atoms with Crippen LogP contribution in [0.4, 0.5) is 5.82 Å². The third-order valence-corrected chi connectivity index (χ3v) is 4.89. The summed E-state index contributed by atoms with van der Waals surface area (Å²) in [6, 6.07) is 5.55. The molecule has 118 valence electrons. The van der Waals surface area contributed by atoms with Crippen LogP contribution in [0.5, 0.6) is 0 Å². The SMILES string of the molecule is Cc1nnc([C@@]23COC[C@@H]2CN(c2ccc(Cl)c(C#N)n2)C3)o1. The van der Waals surface area contributed by atoms with Gasteiger partial charge in [-0.3, -0.25) is 0 Å². The highest BCUT2D eigenvalue weighted by atomic mass is 35.5. The third-order valence-electron chi connectivity index (χ3n) is 4.59. The van der Waals surface area contributed by atoms with Gasteiger partial charge >= 0.3 is 0 Å². The molecule has 4 heterocycles. The minimum atomic E-state index is -0.310.